The summed E-state index contributed by atoms with van der Waals surface area (Å²) in [6, 6.07) is 4.96. The van der Waals surface area contributed by atoms with Crippen molar-refractivity contribution in [1.82, 2.24) is 5.32 Å². The van der Waals surface area contributed by atoms with Gasteiger partial charge in [-0.1, -0.05) is 13.0 Å². The van der Waals surface area contributed by atoms with Crippen LogP contribution in [0.25, 0.3) is 0 Å². The van der Waals surface area contributed by atoms with Crippen LogP contribution in [0.4, 0.5) is 13.2 Å². The van der Waals surface area contributed by atoms with Crippen molar-refractivity contribution in [2.75, 3.05) is 13.7 Å². The summed E-state index contributed by atoms with van der Waals surface area (Å²) in [7, 11) is 1.46. The number of halogens is 3. The van der Waals surface area contributed by atoms with Crippen LogP contribution in [0.15, 0.2) is 18.2 Å². The lowest BCUT2D eigenvalue weighted by Crippen LogP contribution is -2.52. The minimum Gasteiger partial charge on any atom is -0.497 e. The zero-order valence-corrected chi connectivity index (χ0v) is 11.1. The third kappa shape index (κ3) is 2.31. The molecule has 2 nitrogen and oxygen atoms in total. The molecule has 0 heterocycles. The van der Waals surface area contributed by atoms with E-state index in [1.807, 2.05) is 6.92 Å². The lowest BCUT2D eigenvalue weighted by atomic mass is 9.90. The van der Waals surface area contributed by atoms with E-state index in [-0.39, 0.29) is 6.42 Å². The Morgan fingerprint density at radius 2 is 2.11 bits per heavy atom. The van der Waals surface area contributed by atoms with Gasteiger partial charge in [-0.3, -0.25) is 5.32 Å². The fourth-order valence-corrected chi connectivity index (χ4v) is 2.67. The summed E-state index contributed by atoms with van der Waals surface area (Å²) in [6.45, 7) is 2.20. The predicted molar refractivity (Wildman–Crippen MR) is 67.3 cm³/mol. The van der Waals surface area contributed by atoms with Crippen LogP contribution in [0.3, 0.4) is 0 Å². The van der Waals surface area contributed by atoms with Crippen LogP contribution in [0.2, 0.25) is 0 Å². The monoisotopic (exact) mass is 273 g/mol. The summed E-state index contributed by atoms with van der Waals surface area (Å²) < 4.78 is 45.7. The summed E-state index contributed by atoms with van der Waals surface area (Å²) in [5.74, 6) is 0.465. The van der Waals surface area contributed by atoms with Crippen molar-refractivity contribution >= 4 is 0 Å². The maximum absolute atomic E-state index is 13.6. The number of alkyl halides is 3. The minimum absolute atomic E-state index is 0.0546. The van der Waals surface area contributed by atoms with Crippen LogP contribution < -0.4 is 10.1 Å². The molecular weight excluding hydrogens is 255 g/mol. The van der Waals surface area contributed by atoms with Crippen LogP contribution >= 0.6 is 0 Å². The van der Waals surface area contributed by atoms with Crippen LogP contribution in [-0.2, 0) is 12.0 Å². The van der Waals surface area contributed by atoms with E-state index in [1.54, 1.807) is 12.1 Å². The first-order valence-corrected chi connectivity index (χ1v) is 6.44. The molecule has 1 atom stereocenters. The lowest BCUT2D eigenvalue weighted by Gasteiger charge is -2.34. The number of rotatable bonds is 4. The van der Waals surface area contributed by atoms with E-state index in [0.717, 1.165) is 5.56 Å². The number of hydrogen-bond acceptors (Lipinski definition) is 2. The summed E-state index contributed by atoms with van der Waals surface area (Å²) >= 11 is 0. The smallest absolute Gasteiger partial charge is 0.410 e. The molecule has 5 heteroatoms. The molecule has 1 aromatic rings. The molecule has 0 amide bonds. The van der Waals surface area contributed by atoms with Gasteiger partial charge in [-0.05, 0) is 49.1 Å². The Bertz CT molecular complexity index is 458. The standard InChI is InChI=1S/C14H18F3NO/c1-3-8-18-13(14(15,16)17)7-6-10-4-5-11(19-2)9-12(10)13/h4-5,9,18H,3,6-8H2,1-2H3. The van der Waals surface area contributed by atoms with Crippen molar-refractivity contribution < 1.29 is 17.9 Å². The van der Waals surface area contributed by atoms with Crippen molar-refractivity contribution in [2.45, 2.75) is 37.9 Å². The Kier molecular flexibility index (Phi) is 3.76. The predicted octanol–water partition coefficient (Wildman–Crippen LogP) is 3.40. The Balaban J connectivity index is 2.48. The van der Waals surface area contributed by atoms with E-state index in [4.69, 9.17) is 4.74 Å². The van der Waals surface area contributed by atoms with Gasteiger partial charge in [0.05, 0.1) is 7.11 Å². The molecule has 1 unspecified atom stereocenters. The topological polar surface area (TPSA) is 21.3 Å². The van der Waals surface area contributed by atoms with Crippen molar-refractivity contribution in [2.24, 2.45) is 0 Å². The molecule has 0 aromatic heterocycles. The second-order valence-electron chi connectivity index (χ2n) is 4.85. The van der Waals surface area contributed by atoms with Gasteiger partial charge in [-0.15, -0.1) is 0 Å². The number of benzene rings is 1. The fraction of sp³-hybridized carbons (Fsp3) is 0.571. The lowest BCUT2D eigenvalue weighted by molar-refractivity contribution is -0.200. The largest absolute Gasteiger partial charge is 0.497 e. The molecule has 106 valence electrons. The van der Waals surface area contributed by atoms with E-state index in [9.17, 15) is 13.2 Å². The number of nitrogens with one attached hydrogen (secondary N) is 1. The first-order chi connectivity index (χ1) is 8.94. The van der Waals surface area contributed by atoms with Gasteiger partial charge in [0.25, 0.3) is 0 Å². The van der Waals surface area contributed by atoms with Crippen molar-refractivity contribution in [3.8, 4) is 5.75 Å². The molecule has 0 bridgehead atoms. The highest BCUT2D eigenvalue weighted by molar-refractivity contribution is 5.45. The SMILES string of the molecule is CCCNC1(C(F)(F)F)CCc2ccc(OC)cc21. The van der Waals surface area contributed by atoms with Gasteiger partial charge >= 0.3 is 6.18 Å². The highest BCUT2D eigenvalue weighted by Gasteiger charge is 2.58. The Morgan fingerprint density at radius 3 is 2.68 bits per heavy atom. The second kappa shape index (κ2) is 5.04. The zero-order valence-electron chi connectivity index (χ0n) is 11.1. The molecule has 0 saturated heterocycles. The molecule has 19 heavy (non-hydrogen) atoms. The number of fused-ring (bicyclic) bond motifs is 1. The molecule has 0 radical (unpaired) electrons. The summed E-state index contributed by atoms with van der Waals surface area (Å²) in [6.07, 6.45) is -3.15. The highest BCUT2D eigenvalue weighted by atomic mass is 19.4. The fourth-order valence-electron chi connectivity index (χ4n) is 2.67. The van der Waals surface area contributed by atoms with Crippen LogP contribution in [0.1, 0.15) is 30.9 Å². The minimum atomic E-state index is -4.31. The van der Waals surface area contributed by atoms with Gasteiger partial charge in [0.15, 0.2) is 0 Å². The number of hydrogen-bond donors (Lipinski definition) is 1. The third-order valence-corrected chi connectivity index (χ3v) is 3.71. The summed E-state index contributed by atoms with van der Waals surface area (Å²) in [5, 5.41) is 2.71. The molecular formula is C14H18F3NO. The maximum atomic E-state index is 13.6. The Morgan fingerprint density at radius 1 is 1.37 bits per heavy atom. The molecule has 0 aliphatic heterocycles. The third-order valence-electron chi connectivity index (χ3n) is 3.71. The Hall–Kier alpha value is -1.23. The van der Waals surface area contributed by atoms with E-state index in [1.165, 1.54) is 13.2 Å². The second-order valence-corrected chi connectivity index (χ2v) is 4.85. The highest BCUT2D eigenvalue weighted by Crippen LogP contribution is 2.48. The maximum Gasteiger partial charge on any atom is 0.410 e. The van der Waals surface area contributed by atoms with E-state index in [0.29, 0.717) is 30.7 Å². The van der Waals surface area contributed by atoms with E-state index >= 15 is 0 Å². The van der Waals surface area contributed by atoms with Crippen LogP contribution in [0, 0.1) is 0 Å². The number of ether oxygens (including phenoxy) is 1. The molecule has 1 aliphatic rings. The molecule has 0 saturated carbocycles. The molecule has 0 spiro atoms. The molecule has 1 aliphatic carbocycles. The van der Waals surface area contributed by atoms with Gasteiger partial charge in [0.2, 0.25) is 0 Å². The van der Waals surface area contributed by atoms with Gasteiger partial charge in [0, 0.05) is 0 Å². The normalized spacial score (nSPS) is 22.4. The van der Waals surface area contributed by atoms with E-state index in [2.05, 4.69) is 5.32 Å². The summed E-state index contributed by atoms with van der Waals surface area (Å²) in [5.41, 5.74) is -0.859. The molecule has 0 fully saturated rings. The molecule has 1 N–H and O–H groups in total. The van der Waals surface area contributed by atoms with Gasteiger partial charge in [0.1, 0.15) is 11.3 Å². The molecule has 2 rings (SSSR count). The van der Waals surface area contributed by atoms with Crippen LogP contribution in [0.5, 0.6) is 5.75 Å². The first kappa shape index (κ1) is 14.2. The van der Waals surface area contributed by atoms with E-state index < -0.39 is 11.7 Å². The quantitative estimate of drug-likeness (QED) is 0.907. The average molecular weight is 273 g/mol. The van der Waals surface area contributed by atoms with Gasteiger partial charge < -0.3 is 4.74 Å². The van der Waals surface area contributed by atoms with Crippen molar-refractivity contribution in [3.05, 3.63) is 29.3 Å². The molecule has 1 aromatic carbocycles. The number of aryl methyl sites for hydroxylation is 1. The van der Waals surface area contributed by atoms with Crippen LogP contribution in [-0.4, -0.2) is 19.8 Å². The van der Waals surface area contributed by atoms with Gasteiger partial charge in [-0.2, -0.15) is 13.2 Å². The van der Waals surface area contributed by atoms with Crippen molar-refractivity contribution in [1.29, 1.82) is 0 Å². The number of methoxy groups -OCH3 is 1. The van der Waals surface area contributed by atoms with Gasteiger partial charge in [-0.25, -0.2) is 0 Å². The van der Waals surface area contributed by atoms with Crippen molar-refractivity contribution in [3.63, 3.8) is 0 Å². The average Bonchev–Trinajstić information content (AvgIpc) is 2.75. The zero-order chi connectivity index (χ0) is 14.1. The Labute approximate surface area is 111 Å². The first-order valence-electron chi connectivity index (χ1n) is 6.44. The summed E-state index contributed by atoms with van der Waals surface area (Å²) in [4.78, 5) is 0.